The molecule has 0 saturated heterocycles. The van der Waals surface area contributed by atoms with E-state index in [1.54, 1.807) is 11.6 Å². The van der Waals surface area contributed by atoms with Gasteiger partial charge in [0.1, 0.15) is 5.82 Å². The SMILES string of the molecule is COCCOCCS(=O)(=O)Nc1ccc(F)cc1Cn1ccsc1=O. The van der Waals surface area contributed by atoms with Crippen molar-refractivity contribution in [2.45, 2.75) is 6.54 Å². The van der Waals surface area contributed by atoms with E-state index >= 15 is 0 Å². The minimum Gasteiger partial charge on any atom is -0.382 e. The van der Waals surface area contributed by atoms with E-state index in [0.29, 0.717) is 18.8 Å². The first-order chi connectivity index (χ1) is 11.9. The Bertz CT molecular complexity index is 848. The summed E-state index contributed by atoms with van der Waals surface area (Å²) in [5.74, 6) is -0.754. The van der Waals surface area contributed by atoms with Crippen LogP contribution >= 0.6 is 11.3 Å². The fourth-order valence-corrected chi connectivity index (χ4v) is 3.57. The highest BCUT2D eigenvalue weighted by atomic mass is 32.2. The predicted molar refractivity (Wildman–Crippen MR) is 94.2 cm³/mol. The third-order valence-corrected chi connectivity index (χ3v) is 5.17. The Morgan fingerprint density at radius 2 is 2.08 bits per heavy atom. The first kappa shape index (κ1) is 19.6. The maximum absolute atomic E-state index is 13.5. The second-order valence-electron chi connectivity index (χ2n) is 5.12. The van der Waals surface area contributed by atoms with Gasteiger partial charge < -0.3 is 14.0 Å². The molecule has 1 heterocycles. The summed E-state index contributed by atoms with van der Waals surface area (Å²) in [4.78, 5) is 11.5. The second-order valence-corrected chi connectivity index (χ2v) is 7.82. The molecule has 0 aliphatic rings. The average Bonchev–Trinajstić information content (AvgIpc) is 2.95. The molecule has 7 nitrogen and oxygen atoms in total. The highest BCUT2D eigenvalue weighted by Gasteiger charge is 2.14. The van der Waals surface area contributed by atoms with Gasteiger partial charge >= 0.3 is 4.87 Å². The smallest absolute Gasteiger partial charge is 0.307 e. The van der Waals surface area contributed by atoms with Crippen LogP contribution in [0.2, 0.25) is 0 Å². The molecule has 0 unspecified atom stereocenters. The molecule has 10 heteroatoms. The molecule has 2 rings (SSSR count). The number of hydrogen-bond acceptors (Lipinski definition) is 6. The summed E-state index contributed by atoms with van der Waals surface area (Å²) in [7, 11) is -2.14. The van der Waals surface area contributed by atoms with Crippen LogP contribution in [0.4, 0.5) is 10.1 Å². The number of ether oxygens (including phenoxy) is 2. The third kappa shape index (κ3) is 6.24. The quantitative estimate of drug-likeness (QED) is 0.622. The Labute approximate surface area is 149 Å². The van der Waals surface area contributed by atoms with Crippen LogP contribution in [-0.4, -0.2) is 45.7 Å². The maximum atomic E-state index is 13.5. The van der Waals surface area contributed by atoms with Crippen molar-refractivity contribution in [1.29, 1.82) is 0 Å². The summed E-state index contributed by atoms with van der Waals surface area (Å²) in [5.41, 5.74) is 0.598. The van der Waals surface area contributed by atoms with Crippen molar-refractivity contribution in [3.05, 3.63) is 50.8 Å². The fraction of sp³-hybridized carbons (Fsp3) is 0.400. The van der Waals surface area contributed by atoms with Gasteiger partial charge in [0.15, 0.2) is 0 Å². The third-order valence-electron chi connectivity index (χ3n) is 3.25. The molecule has 0 aliphatic carbocycles. The molecule has 138 valence electrons. The van der Waals surface area contributed by atoms with Gasteiger partial charge in [0.25, 0.3) is 0 Å². The molecule has 0 atom stereocenters. The number of nitrogens with zero attached hydrogens (tertiary/aromatic N) is 1. The van der Waals surface area contributed by atoms with Gasteiger partial charge in [-0.3, -0.25) is 9.52 Å². The van der Waals surface area contributed by atoms with Crippen molar-refractivity contribution < 1.29 is 22.3 Å². The Kier molecular flexibility index (Phi) is 7.12. The van der Waals surface area contributed by atoms with E-state index in [4.69, 9.17) is 9.47 Å². The van der Waals surface area contributed by atoms with Gasteiger partial charge in [-0.15, -0.1) is 0 Å². The fourth-order valence-electron chi connectivity index (χ4n) is 2.02. The van der Waals surface area contributed by atoms with Gasteiger partial charge in [-0.05, 0) is 23.8 Å². The number of rotatable bonds is 10. The number of thiazole rings is 1. The van der Waals surface area contributed by atoms with Crippen molar-refractivity contribution in [3.8, 4) is 0 Å². The summed E-state index contributed by atoms with van der Waals surface area (Å²) >= 11 is 1.01. The number of hydrogen-bond donors (Lipinski definition) is 1. The zero-order chi connectivity index (χ0) is 18.3. The molecule has 2 aromatic rings. The summed E-state index contributed by atoms with van der Waals surface area (Å²) < 4.78 is 51.6. The van der Waals surface area contributed by atoms with E-state index in [2.05, 4.69) is 4.72 Å². The van der Waals surface area contributed by atoms with E-state index in [0.717, 1.165) is 17.4 Å². The lowest BCUT2D eigenvalue weighted by molar-refractivity contribution is 0.0785. The minimum absolute atomic E-state index is 0.0131. The molecule has 0 saturated carbocycles. The van der Waals surface area contributed by atoms with Crippen LogP contribution in [0.15, 0.2) is 34.6 Å². The van der Waals surface area contributed by atoms with E-state index in [-0.39, 0.29) is 29.5 Å². The van der Waals surface area contributed by atoms with Crippen molar-refractivity contribution in [2.24, 2.45) is 0 Å². The molecule has 0 bridgehead atoms. The number of methoxy groups -OCH3 is 1. The van der Waals surface area contributed by atoms with Gasteiger partial charge in [0.2, 0.25) is 10.0 Å². The molecule has 0 amide bonds. The monoisotopic (exact) mass is 390 g/mol. The predicted octanol–water partition coefficient (Wildman–Crippen LogP) is 1.50. The lowest BCUT2D eigenvalue weighted by atomic mass is 10.2. The van der Waals surface area contributed by atoms with E-state index < -0.39 is 15.8 Å². The molecule has 0 fully saturated rings. The largest absolute Gasteiger partial charge is 0.382 e. The molecule has 1 aromatic carbocycles. The summed E-state index contributed by atoms with van der Waals surface area (Å²) in [5, 5.41) is 1.61. The number of nitrogens with one attached hydrogen (secondary N) is 1. The van der Waals surface area contributed by atoms with Crippen molar-refractivity contribution in [3.63, 3.8) is 0 Å². The molecule has 25 heavy (non-hydrogen) atoms. The van der Waals surface area contributed by atoms with E-state index in [1.165, 1.54) is 23.8 Å². The normalized spacial score (nSPS) is 11.6. The van der Waals surface area contributed by atoms with Gasteiger partial charge in [0, 0.05) is 18.7 Å². The van der Waals surface area contributed by atoms with Gasteiger partial charge in [0.05, 0.1) is 37.8 Å². The lowest BCUT2D eigenvalue weighted by Gasteiger charge is -2.13. The van der Waals surface area contributed by atoms with Crippen LogP contribution in [0.3, 0.4) is 0 Å². The Hall–Kier alpha value is -1.75. The molecule has 0 radical (unpaired) electrons. The Morgan fingerprint density at radius 1 is 1.28 bits per heavy atom. The number of benzene rings is 1. The molecular weight excluding hydrogens is 371 g/mol. The Balaban J connectivity index is 2.08. The topological polar surface area (TPSA) is 86.6 Å². The second kappa shape index (κ2) is 9.09. The Morgan fingerprint density at radius 3 is 2.76 bits per heavy atom. The summed E-state index contributed by atoms with van der Waals surface area (Å²) in [6, 6.07) is 3.70. The van der Waals surface area contributed by atoms with E-state index in [1.807, 2.05) is 0 Å². The summed E-state index contributed by atoms with van der Waals surface area (Å²) in [6.07, 6.45) is 1.57. The van der Waals surface area contributed by atoms with Crippen molar-refractivity contribution >= 4 is 27.0 Å². The van der Waals surface area contributed by atoms with Crippen LogP contribution in [0.1, 0.15) is 5.56 Å². The van der Waals surface area contributed by atoms with Gasteiger partial charge in [-0.1, -0.05) is 11.3 Å². The van der Waals surface area contributed by atoms with Crippen molar-refractivity contribution in [2.75, 3.05) is 37.4 Å². The van der Waals surface area contributed by atoms with Crippen LogP contribution < -0.4 is 9.60 Å². The van der Waals surface area contributed by atoms with Crippen molar-refractivity contribution in [1.82, 2.24) is 4.57 Å². The lowest BCUT2D eigenvalue weighted by Crippen LogP contribution is -2.22. The molecule has 1 aromatic heterocycles. The number of sulfonamides is 1. The molecule has 1 N–H and O–H groups in total. The zero-order valence-electron chi connectivity index (χ0n) is 13.6. The first-order valence-corrected chi connectivity index (χ1v) is 9.94. The van der Waals surface area contributed by atoms with Crippen LogP contribution in [0.25, 0.3) is 0 Å². The van der Waals surface area contributed by atoms with Crippen LogP contribution in [0, 0.1) is 5.82 Å². The highest BCUT2D eigenvalue weighted by Crippen LogP contribution is 2.19. The number of halogens is 1. The molecular formula is C15H19FN2O5S2. The number of anilines is 1. The zero-order valence-corrected chi connectivity index (χ0v) is 15.2. The first-order valence-electron chi connectivity index (χ1n) is 7.41. The average molecular weight is 390 g/mol. The number of aromatic nitrogens is 1. The van der Waals surface area contributed by atoms with Gasteiger partial charge in [-0.25, -0.2) is 12.8 Å². The molecule has 0 spiro atoms. The standard InChI is InChI=1S/C15H19FN2O5S2/c1-22-5-6-23-7-9-25(20,21)17-14-3-2-13(16)10-12(14)11-18-4-8-24-15(18)19/h2-4,8,10,17H,5-7,9,11H2,1H3. The highest BCUT2D eigenvalue weighted by molar-refractivity contribution is 7.92. The summed E-state index contributed by atoms with van der Waals surface area (Å²) in [6.45, 7) is 0.765. The van der Waals surface area contributed by atoms with E-state index in [9.17, 15) is 17.6 Å². The van der Waals surface area contributed by atoms with Gasteiger partial charge in [-0.2, -0.15) is 0 Å². The molecule has 0 aliphatic heterocycles. The minimum atomic E-state index is -3.67. The maximum Gasteiger partial charge on any atom is 0.307 e. The van der Waals surface area contributed by atoms with Crippen LogP contribution in [-0.2, 0) is 26.0 Å². The van der Waals surface area contributed by atoms with Crippen LogP contribution in [0.5, 0.6) is 0 Å².